The lowest BCUT2D eigenvalue weighted by Gasteiger charge is -2.13. The maximum atomic E-state index is 12.1. The molecule has 7 heteroatoms. The van der Waals surface area contributed by atoms with E-state index < -0.39 is 15.1 Å². The highest BCUT2D eigenvalue weighted by molar-refractivity contribution is 7.92. The minimum Gasteiger partial charge on any atom is -0.385 e. The van der Waals surface area contributed by atoms with Crippen LogP contribution in [0.25, 0.3) is 0 Å². The molecule has 0 aliphatic carbocycles. The predicted molar refractivity (Wildman–Crippen MR) is 77.5 cm³/mol. The highest BCUT2D eigenvalue weighted by atomic mass is 32.2. The Kier molecular flexibility index (Phi) is 4.59. The molecule has 6 nitrogen and oxygen atoms in total. The molecule has 2 N–H and O–H groups in total. The average molecular weight is 297 g/mol. The molecule has 1 aliphatic heterocycles. The van der Waals surface area contributed by atoms with Crippen molar-refractivity contribution in [3.63, 3.8) is 0 Å². The second kappa shape index (κ2) is 6.21. The number of sulfone groups is 1. The number of carbonyl (C=O) groups is 1. The molecular weight excluding hydrogens is 278 g/mol. The molecule has 0 aromatic carbocycles. The fourth-order valence-corrected chi connectivity index (χ4v) is 4.07. The maximum absolute atomic E-state index is 12.1. The number of anilines is 1. The van der Waals surface area contributed by atoms with Crippen LogP contribution in [0.2, 0.25) is 0 Å². The Balaban J connectivity index is 2.02. The lowest BCUT2D eigenvalue weighted by Crippen LogP contribution is -2.35. The van der Waals surface area contributed by atoms with Crippen LogP contribution in [0.4, 0.5) is 5.69 Å². The van der Waals surface area contributed by atoms with Gasteiger partial charge in [-0.1, -0.05) is 0 Å². The lowest BCUT2D eigenvalue weighted by molar-refractivity contribution is 0.0954. The van der Waals surface area contributed by atoms with Crippen LogP contribution in [-0.2, 0) is 9.84 Å². The Bertz CT molecular complexity index is 586. The number of carbonyl (C=O) groups excluding carboxylic acids is 1. The second-order valence-corrected chi connectivity index (χ2v) is 7.19. The standard InChI is InChI=1S/C13H19N3O3S/c1-2-15-12-5-6-14-9-11(12)13(17)16-8-10-4-3-7-20(10,18)19/h5-6,9-10H,2-4,7-8H2,1H3,(H,14,15)(H,16,17). The molecule has 0 radical (unpaired) electrons. The molecule has 1 atom stereocenters. The highest BCUT2D eigenvalue weighted by Gasteiger charge is 2.31. The summed E-state index contributed by atoms with van der Waals surface area (Å²) in [5.41, 5.74) is 1.14. The Hall–Kier alpha value is -1.63. The maximum Gasteiger partial charge on any atom is 0.254 e. The van der Waals surface area contributed by atoms with E-state index in [4.69, 9.17) is 0 Å². The van der Waals surface area contributed by atoms with E-state index in [1.807, 2.05) is 6.92 Å². The number of rotatable bonds is 5. The molecule has 1 amide bonds. The van der Waals surface area contributed by atoms with Gasteiger partial charge in [0, 0.05) is 25.5 Å². The van der Waals surface area contributed by atoms with Gasteiger partial charge in [-0.15, -0.1) is 0 Å². The van der Waals surface area contributed by atoms with Gasteiger partial charge in [0.05, 0.1) is 22.3 Å². The van der Waals surface area contributed by atoms with Crippen molar-refractivity contribution in [2.24, 2.45) is 0 Å². The van der Waals surface area contributed by atoms with Crippen LogP contribution in [0.3, 0.4) is 0 Å². The zero-order valence-electron chi connectivity index (χ0n) is 11.4. The Labute approximate surface area is 118 Å². The highest BCUT2D eigenvalue weighted by Crippen LogP contribution is 2.19. The zero-order chi connectivity index (χ0) is 14.6. The largest absolute Gasteiger partial charge is 0.385 e. The van der Waals surface area contributed by atoms with Crippen LogP contribution in [-0.4, -0.2) is 43.4 Å². The van der Waals surface area contributed by atoms with E-state index in [9.17, 15) is 13.2 Å². The Morgan fingerprint density at radius 2 is 2.30 bits per heavy atom. The first-order valence-corrected chi connectivity index (χ1v) is 8.44. The molecule has 0 bridgehead atoms. The Morgan fingerprint density at radius 1 is 1.50 bits per heavy atom. The smallest absolute Gasteiger partial charge is 0.254 e. The van der Waals surface area contributed by atoms with Gasteiger partial charge in [-0.05, 0) is 25.8 Å². The Morgan fingerprint density at radius 3 is 2.95 bits per heavy atom. The summed E-state index contributed by atoms with van der Waals surface area (Å²) in [6.45, 7) is 2.80. The van der Waals surface area contributed by atoms with E-state index >= 15 is 0 Å². The molecule has 20 heavy (non-hydrogen) atoms. The summed E-state index contributed by atoms with van der Waals surface area (Å²) in [6, 6.07) is 1.73. The van der Waals surface area contributed by atoms with Gasteiger partial charge in [-0.2, -0.15) is 0 Å². The molecule has 0 saturated carbocycles. The summed E-state index contributed by atoms with van der Waals surface area (Å²) in [7, 11) is -3.03. The van der Waals surface area contributed by atoms with Crippen LogP contribution in [0.5, 0.6) is 0 Å². The molecule has 1 aromatic rings. The molecule has 2 rings (SSSR count). The summed E-state index contributed by atoms with van der Waals surface area (Å²) in [5.74, 6) is -0.0700. The van der Waals surface area contributed by atoms with Crippen molar-refractivity contribution in [3.8, 4) is 0 Å². The minimum atomic E-state index is -3.03. The van der Waals surface area contributed by atoms with Crippen LogP contribution < -0.4 is 10.6 Å². The van der Waals surface area contributed by atoms with E-state index in [0.717, 1.165) is 0 Å². The fraction of sp³-hybridized carbons (Fsp3) is 0.538. The third kappa shape index (κ3) is 3.27. The molecule has 1 unspecified atom stereocenters. The number of hydrogen-bond donors (Lipinski definition) is 2. The van der Waals surface area contributed by atoms with Gasteiger partial charge >= 0.3 is 0 Å². The monoisotopic (exact) mass is 297 g/mol. The third-order valence-electron chi connectivity index (χ3n) is 3.39. The third-order valence-corrected chi connectivity index (χ3v) is 5.66. The summed E-state index contributed by atoms with van der Waals surface area (Å²) < 4.78 is 23.4. The van der Waals surface area contributed by atoms with Gasteiger partial charge in [-0.25, -0.2) is 8.42 Å². The number of aromatic nitrogens is 1. The SMILES string of the molecule is CCNc1ccncc1C(=O)NCC1CCCS1(=O)=O. The number of nitrogens with one attached hydrogen (secondary N) is 2. The first kappa shape index (κ1) is 14.8. The molecule has 1 aliphatic rings. The normalized spacial score (nSPS) is 20.6. The molecule has 1 saturated heterocycles. The minimum absolute atomic E-state index is 0.168. The first-order valence-electron chi connectivity index (χ1n) is 6.72. The number of nitrogens with zero attached hydrogens (tertiary/aromatic N) is 1. The number of amides is 1. The van der Waals surface area contributed by atoms with Crippen molar-refractivity contribution >= 4 is 21.4 Å². The van der Waals surface area contributed by atoms with Crippen LogP contribution in [0.15, 0.2) is 18.5 Å². The zero-order valence-corrected chi connectivity index (χ0v) is 12.2. The van der Waals surface area contributed by atoms with Crippen molar-refractivity contribution in [2.45, 2.75) is 25.0 Å². The molecule has 0 spiro atoms. The van der Waals surface area contributed by atoms with E-state index in [1.54, 1.807) is 12.3 Å². The predicted octanol–water partition coefficient (Wildman–Crippen LogP) is 0.820. The van der Waals surface area contributed by atoms with Crippen molar-refractivity contribution < 1.29 is 13.2 Å². The number of pyridine rings is 1. The molecule has 1 aromatic heterocycles. The van der Waals surface area contributed by atoms with Crippen LogP contribution >= 0.6 is 0 Å². The quantitative estimate of drug-likeness (QED) is 0.840. The van der Waals surface area contributed by atoms with E-state index in [2.05, 4.69) is 15.6 Å². The summed E-state index contributed by atoms with van der Waals surface area (Å²) in [5, 5.41) is 5.33. The molecule has 2 heterocycles. The van der Waals surface area contributed by atoms with Crippen molar-refractivity contribution in [3.05, 3.63) is 24.0 Å². The van der Waals surface area contributed by atoms with E-state index in [1.165, 1.54) is 6.20 Å². The second-order valence-electron chi connectivity index (χ2n) is 4.79. The first-order chi connectivity index (χ1) is 9.54. The van der Waals surface area contributed by atoms with Gasteiger partial charge in [0.25, 0.3) is 5.91 Å². The topological polar surface area (TPSA) is 88.2 Å². The van der Waals surface area contributed by atoms with Crippen molar-refractivity contribution in [2.75, 3.05) is 24.2 Å². The average Bonchev–Trinajstić information content (AvgIpc) is 2.76. The van der Waals surface area contributed by atoms with Gasteiger partial charge in [0.1, 0.15) is 0 Å². The van der Waals surface area contributed by atoms with Gasteiger partial charge in [0.15, 0.2) is 9.84 Å². The number of hydrogen-bond acceptors (Lipinski definition) is 5. The van der Waals surface area contributed by atoms with E-state index in [-0.39, 0.29) is 18.2 Å². The fourth-order valence-electron chi connectivity index (χ4n) is 2.31. The van der Waals surface area contributed by atoms with Crippen molar-refractivity contribution in [1.29, 1.82) is 0 Å². The van der Waals surface area contributed by atoms with Gasteiger partial charge in [-0.3, -0.25) is 9.78 Å². The lowest BCUT2D eigenvalue weighted by atomic mass is 10.2. The van der Waals surface area contributed by atoms with Gasteiger partial charge in [0.2, 0.25) is 0 Å². The summed E-state index contributed by atoms with van der Waals surface area (Å²) in [4.78, 5) is 16.1. The van der Waals surface area contributed by atoms with Crippen LogP contribution in [0, 0.1) is 0 Å². The molecule has 1 fully saturated rings. The van der Waals surface area contributed by atoms with Gasteiger partial charge < -0.3 is 10.6 Å². The molecular formula is C13H19N3O3S. The summed E-state index contributed by atoms with van der Waals surface area (Å²) in [6.07, 6.45) is 4.39. The summed E-state index contributed by atoms with van der Waals surface area (Å²) >= 11 is 0. The van der Waals surface area contributed by atoms with E-state index in [0.29, 0.717) is 30.6 Å². The molecule has 110 valence electrons. The van der Waals surface area contributed by atoms with Crippen LogP contribution in [0.1, 0.15) is 30.1 Å². The van der Waals surface area contributed by atoms with Crippen molar-refractivity contribution in [1.82, 2.24) is 10.3 Å².